The Balaban J connectivity index is 1.62. The highest BCUT2D eigenvalue weighted by atomic mass is 32.2. The van der Waals surface area contributed by atoms with E-state index in [1.165, 1.54) is 11.1 Å². The lowest BCUT2D eigenvalue weighted by Gasteiger charge is -2.34. The number of nitrogens with zero attached hydrogens (tertiary/aromatic N) is 4. The molecular formula is C18H24N6OS. The molecule has 1 aliphatic heterocycles. The van der Waals surface area contributed by atoms with Crippen LogP contribution in [0.2, 0.25) is 0 Å². The molecule has 26 heavy (non-hydrogen) atoms. The average molecular weight is 372 g/mol. The summed E-state index contributed by atoms with van der Waals surface area (Å²) >= 11 is 1.58. The van der Waals surface area contributed by atoms with Crippen molar-refractivity contribution in [1.29, 1.82) is 0 Å². The van der Waals surface area contributed by atoms with Crippen molar-refractivity contribution < 1.29 is 4.79 Å². The molecule has 8 heteroatoms. The molecule has 3 rings (SSSR count). The molecule has 7 nitrogen and oxygen atoms in total. The monoisotopic (exact) mass is 372 g/mol. The number of piperazine rings is 1. The minimum absolute atomic E-state index is 0.292. The van der Waals surface area contributed by atoms with Crippen molar-refractivity contribution >= 4 is 29.3 Å². The third kappa shape index (κ3) is 5.09. The Morgan fingerprint density at radius 1 is 1.15 bits per heavy atom. The molecule has 0 saturated carbocycles. The van der Waals surface area contributed by atoms with Crippen LogP contribution < -0.4 is 16.4 Å². The maximum absolute atomic E-state index is 11.0. The van der Waals surface area contributed by atoms with Crippen molar-refractivity contribution in [3.63, 3.8) is 0 Å². The molecule has 0 spiro atoms. The second-order valence-corrected chi connectivity index (χ2v) is 7.38. The molecular weight excluding hydrogens is 348 g/mol. The van der Waals surface area contributed by atoms with Crippen molar-refractivity contribution in [2.45, 2.75) is 17.8 Å². The Morgan fingerprint density at radius 2 is 1.85 bits per heavy atom. The zero-order valence-corrected chi connectivity index (χ0v) is 15.7. The fourth-order valence-electron chi connectivity index (χ4n) is 2.84. The van der Waals surface area contributed by atoms with Gasteiger partial charge >= 0.3 is 0 Å². The van der Waals surface area contributed by atoms with Gasteiger partial charge in [-0.1, -0.05) is 41.6 Å². The Morgan fingerprint density at radius 3 is 2.50 bits per heavy atom. The summed E-state index contributed by atoms with van der Waals surface area (Å²) in [5, 5.41) is 0.681. The number of thioether (sulfide) groups is 1. The van der Waals surface area contributed by atoms with Crippen LogP contribution in [0.15, 0.2) is 35.5 Å². The van der Waals surface area contributed by atoms with Crippen LogP contribution in [0.5, 0.6) is 0 Å². The Kier molecular flexibility index (Phi) is 5.95. The zero-order valence-electron chi connectivity index (χ0n) is 14.9. The minimum atomic E-state index is -0.292. The number of aromatic nitrogens is 2. The van der Waals surface area contributed by atoms with E-state index in [-0.39, 0.29) is 5.91 Å². The number of benzene rings is 1. The smallest absolute Gasteiger partial charge is 0.231 e. The SMILES string of the molecule is Cc1ccc(CSc2nc(N)cc(N3CCN(CC(N)=O)CC3)n2)cc1. The standard InChI is InChI=1S/C18H24N6OS/c1-13-2-4-14(5-3-13)12-26-18-21-15(19)10-17(22-18)24-8-6-23(7-9-24)11-16(20)25/h2-5,10H,6-9,11-12H2,1H3,(H2,20,25)(H2,19,21,22). The molecule has 1 aliphatic rings. The van der Waals surface area contributed by atoms with Crippen LogP contribution in [-0.4, -0.2) is 53.5 Å². The molecule has 138 valence electrons. The maximum Gasteiger partial charge on any atom is 0.231 e. The van der Waals surface area contributed by atoms with E-state index in [9.17, 15) is 4.79 Å². The number of anilines is 2. The van der Waals surface area contributed by atoms with Crippen LogP contribution in [-0.2, 0) is 10.5 Å². The van der Waals surface area contributed by atoms with Crippen molar-refractivity contribution in [3.8, 4) is 0 Å². The highest BCUT2D eigenvalue weighted by Gasteiger charge is 2.20. The van der Waals surface area contributed by atoms with Gasteiger partial charge < -0.3 is 16.4 Å². The molecule has 1 saturated heterocycles. The number of rotatable bonds is 6. The number of amides is 1. The van der Waals surface area contributed by atoms with E-state index in [0.717, 1.165) is 37.7 Å². The molecule has 0 bridgehead atoms. The van der Waals surface area contributed by atoms with Crippen LogP contribution in [0.25, 0.3) is 0 Å². The summed E-state index contributed by atoms with van der Waals surface area (Å²) in [6.07, 6.45) is 0. The van der Waals surface area contributed by atoms with Gasteiger partial charge in [0.1, 0.15) is 11.6 Å². The second kappa shape index (κ2) is 8.37. The molecule has 1 amide bonds. The van der Waals surface area contributed by atoms with Gasteiger partial charge in [0, 0.05) is 38.0 Å². The molecule has 0 unspecified atom stereocenters. The number of nitrogens with two attached hydrogens (primary N) is 2. The van der Waals surface area contributed by atoms with Gasteiger partial charge in [0.15, 0.2) is 5.16 Å². The fraction of sp³-hybridized carbons (Fsp3) is 0.389. The first-order valence-corrected chi connectivity index (χ1v) is 9.56. The lowest BCUT2D eigenvalue weighted by atomic mass is 10.2. The molecule has 2 aromatic rings. The lowest BCUT2D eigenvalue weighted by molar-refractivity contribution is -0.119. The molecule has 2 heterocycles. The fourth-order valence-corrected chi connectivity index (χ4v) is 3.66. The number of aryl methyl sites for hydroxylation is 1. The first kappa shape index (κ1) is 18.5. The van der Waals surface area contributed by atoms with Crippen LogP contribution in [0.4, 0.5) is 11.6 Å². The first-order chi connectivity index (χ1) is 12.5. The summed E-state index contributed by atoms with van der Waals surface area (Å²) in [5.41, 5.74) is 13.7. The molecule has 0 radical (unpaired) electrons. The van der Waals surface area contributed by atoms with Gasteiger partial charge in [-0.3, -0.25) is 9.69 Å². The van der Waals surface area contributed by atoms with E-state index in [2.05, 4.69) is 51.0 Å². The van der Waals surface area contributed by atoms with E-state index < -0.39 is 0 Å². The summed E-state index contributed by atoms with van der Waals surface area (Å²) in [6, 6.07) is 10.3. The summed E-state index contributed by atoms with van der Waals surface area (Å²) in [5.74, 6) is 1.82. The van der Waals surface area contributed by atoms with Crippen LogP contribution in [0.3, 0.4) is 0 Å². The van der Waals surface area contributed by atoms with E-state index in [0.29, 0.717) is 17.5 Å². The molecule has 1 fully saturated rings. The van der Waals surface area contributed by atoms with Gasteiger partial charge in [-0.2, -0.15) is 0 Å². The number of hydrogen-bond acceptors (Lipinski definition) is 7. The first-order valence-electron chi connectivity index (χ1n) is 8.58. The third-order valence-corrected chi connectivity index (χ3v) is 5.19. The van der Waals surface area contributed by atoms with E-state index in [4.69, 9.17) is 11.5 Å². The minimum Gasteiger partial charge on any atom is -0.383 e. The third-order valence-electron chi connectivity index (χ3n) is 4.28. The van der Waals surface area contributed by atoms with E-state index in [1.807, 2.05) is 0 Å². The molecule has 0 atom stereocenters. The zero-order chi connectivity index (χ0) is 18.5. The van der Waals surface area contributed by atoms with Gasteiger partial charge in [-0.15, -0.1) is 0 Å². The molecule has 0 aliphatic carbocycles. The van der Waals surface area contributed by atoms with Crippen molar-refractivity contribution in [3.05, 3.63) is 41.5 Å². The Bertz CT molecular complexity index is 759. The van der Waals surface area contributed by atoms with Gasteiger partial charge in [-0.05, 0) is 12.5 Å². The van der Waals surface area contributed by atoms with Crippen LogP contribution >= 0.6 is 11.8 Å². The van der Waals surface area contributed by atoms with Gasteiger partial charge in [0.05, 0.1) is 6.54 Å². The number of carbonyl (C=O) groups excluding carboxylic acids is 1. The number of primary amides is 1. The van der Waals surface area contributed by atoms with Crippen LogP contribution in [0.1, 0.15) is 11.1 Å². The van der Waals surface area contributed by atoms with Crippen molar-refractivity contribution in [2.75, 3.05) is 43.4 Å². The van der Waals surface area contributed by atoms with Crippen molar-refractivity contribution in [2.24, 2.45) is 5.73 Å². The highest BCUT2D eigenvalue weighted by Crippen LogP contribution is 2.24. The molecule has 1 aromatic carbocycles. The maximum atomic E-state index is 11.0. The predicted molar refractivity (Wildman–Crippen MR) is 105 cm³/mol. The van der Waals surface area contributed by atoms with E-state index >= 15 is 0 Å². The van der Waals surface area contributed by atoms with Gasteiger partial charge in [-0.25, -0.2) is 9.97 Å². The Labute approximate surface area is 157 Å². The Hall–Kier alpha value is -2.32. The number of nitrogen functional groups attached to an aromatic ring is 1. The predicted octanol–water partition coefficient (Wildman–Crippen LogP) is 1.27. The number of carbonyl (C=O) groups is 1. The van der Waals surface area contributed by atoms with Gasteiger partial charge in [0.25, 0.3) is 0 Å². The average Bonchev–Trinajstić information content (AvgIpc) is 2.61. The molecule has 4 N–H and O–H groups in total. The van der Waals surface area contributed by atoms with Crippen LogP contribution in [0, 0.1) is 6.92 Å². The van der Waals surface area contributed by atoms with Gasteiger partial charge in [0.2, 0.25) is 5.91 Å². The van der Waals surface area contributed by atoms with E-state index in [1.54, 1.807) is 17.8 Å². The summed E-state index contributed by atoms with van der Waals surface area (Å²) < 4.78 is 0. The summed E-state index contributed by atoms with van der Waals surface area (Å²) in [7, 11) is 0. The molecule has 1 aromatic heterocycles. The topological polar surface area (TPSA) is 101 Å². The lowest BCUT2D eigenvalue weighted by Crippen LogP contribution is -2.49. The number of hydrogen-bond donors (Lipinski definition) is 2. The van der Waals surface area contributed by atoms with Crippen molar-refractivity contribution in [1.82, 2.24) is 14.9 Å². The summed E-state index contributed by atoms with van der Waals surface area (Å²) in [6.45, 7) is 5.50. The highest BCUT2D eigenvalue weighted by molar-refractivity contribution is 7.98. The normalized spacial score (nSPS) is 15.2. The second-order valence-electron chi connectivity index (χ2n) is 6.44. The largest absolute Gasteiger partial charge is 0.383 e. The quantitative estimate of drug-likeness (QED) is 0.581. The summed E-state index contributed by atoms with van der Waals surface area (Å²) in [4.78, 5) is 24.3.